The highest BCUT2D eigenvalue weighted by Crippen LogP contribution is 2.21. The number of methoxy groups -OCH3 is 1. The standard InChI is InChI=1S/C17H20N6O5/c1-21-14-13(15(26)22(2)17(21)27)23(6-7-24)16(19-14)20-18-9-10-8-11(28-3)4-5-12(10)25/h4-5,8-9,24-25H,6-7H2,1-3H3,(H,19,20). The minimum absolute atomic E-state index is 0.00600. The maximum Gasteiger partial charge on any atom is 0.332 e. The van der Waals surface area contributed by atoms with Gasteiger partial charge in [-0.25, -0.2) is 10.2 Å². The van der Waals surface area contributed by atoms with Gasteiger partial charge < -0.3 is 19.5 Å². The van der Waals surface area contributed by atoms with Crippen molar-refractivity contribution in [2.24, 2.45) is 19.2 Å². The lowest BCUT2D eigenvalue weighted by molar-refractivity contribution is 0.278. The van der Waals surface area contributed by atoms with Crippen molar-refractivity contribution in [3.63, 3.8) is 0 Å². The van der Waals surface area contributed by atoms with Crippen LogP contribution in [0, 0.1) is 0 Å². The molecule has 0 bridgehead atoms. The number of hydrogen-bond donors (Lipinski definition) is 3. The van der Waals surface area contributed by atoms with Crippen molar-refractivity contribution < 1.29 is 14.9 Å². The number of fused-ring (bicyclic) bond motifs is 1. The monoisotopic (exact) mass is 388 g/mol. The molecule has 0 aliphatic heterocycles. The van der Waals surface area contributed by atoms with Gasteiger partial charge in [-0.1, -0.05) is 0 Å². The first kappa shape index (κ1) is 19.2. The van der Waals surface area contributed by atoms with E-state index < -0.39 is 11.2 Å². The van der Waals surface area contributed by atoms with Gasteiger partial charge in [-0.3, -0.25) is 13.9 Å². The van der Waals surface area contributed by atoms with E-state index in [1.54, 1.807) is 12.1 Å². The van der Waals surface area contributed by atoms with Crippen LogP contribution in [0.5, 0.6) is 11.5 Å². The first-order valence-corrected chi connectivity index (χ1v) is 8.32. The van der Waals surface area contributed by atoms with Crippen molar-refractivity contribution in [2.45, 2.75) is 6.54 Å². The zero-order chi connectivity index (χ0) is 20.4. The molecule has 0 unspecified atom stereocenters. The van der Waals surface area contributed by atoms with E-state index in [-0.39, 0.29) is 36.0 Å². The fourth-order valence-electron chi connectivity index (χ4n) is 2.77. The Morgan fingerprint density at radius 1 is 1.29 bits per heavy atom. The molecule has 0 spiro atoms. The minimum atomic E-state index is -0.526. The highest BCUT2D eigenvalue weighted by Gasteiger charge is 2.18. The van der Waals surface area contributed by atoms with Crippen LogP contribution in [-0.4, -0.2) is 48.8 Å². The summed E-state index contributed by atoms with van der Waals surface area (Å²) in [6, 6.07) is 4.68. The van der Waals surface area contributed by atoms with E-state index >= 15 is 0 Å². The maximum absolute atomic E-state index is 12.5. The Labute approximate surface area is 158 Å². The van der Waals surface area contributed by atoms with Crippen molar-refractivity contribution in [2.75, 3.05) is 19.1 Å². The van der Waals surface area contributed by atoms with Gasteiger partial charge in [0.2, 0.25) is 5.95 Å². The number of aromatic hydroxyl groups is 1. The van der Waals surface area contributed by atoms with Gasteiger partial charge in [0.15, 0.2) is 11.2 Å². The van der Waals surface area contributed by atoms with Crippen LogP contribution < -0.4 is 21.4 Å². The first-order valence-electron chi connectivity index (χ1n) is 8.32. The fourth-order valence-corrected chi connectivity index (χ4v) is 2.77. The molecule has 28 heavy (non-hydrogen) atoms. The molecule has 11 heteroatoms. The lowest BCUT2D eigenvalue weighted by Crippen LogP contribution is -2.37. The number of benzene rings is 1. The number of aromatic nitrogens is 4. The van der Waals surface area contributed by atoms with Crippen LogP contribution in [0.2, 0.25) is 0 Å². The first-order chi connectivity index (χ1) is 13.4. The zero-order valence-electron chi connectivity index (χ0n) is 15.6. The SMILES string of the molecule is COc1ccc(O)c(C=NNc2nc3c(c(=O)n(C)c(=O)n3C)n2CCO)c1. The van der Waals surface area contributed by atoms with E-state index in [2.05, 4.69) is 15.5 Å². The van der Waals surface area contributed by atoms with E-state index in [1.807, 2.05) is 0 Å². The Hall–Kier alpha value is -3.60. The second-order valence-corrected chi connectivity index (χ2v) is 5.98. The summed E-state index contributed by atoms with van der Waals surface area (Å²) in [5, 5.41) is 23.3. The number of phenolic OH excluding ortho intramolecular Hbond substituents is 1. The number of phenols is 1. The largest absolute Gasteiger partial charge is 0.507 e. The van der Waals surface area contributed by atoms with E-state index in [9.17, 15) is 19.8 Å². The third kappa shape index (κ3) is 3.22. The molecule has 3 rings (SSSR count). The number of ether oxygens (including phenoxy) is 1. The summed E-state index contributed by atoms with van der Waals surface area (Å²) >= 11 is 0. The molecule has 3 N–H and O–H groups in total. The Bertz CT molecular complexity index is 1170. The molecule has 0 saturated carbocycles. The number of anilines is 1. The summed E-state index contributed by atoms with van der Waals surface area (Å²) < 4.78 is 8.77. The van der Waals surface area contributed by atoms with Crippen LogP contribution >= 0.6 is 0 Å². The molecule has 148 valence electrons. The summed E-state index contributed by atoms with van der Waals surface area (Å²) in [5.74, 6) is 0.720. The third-order valence-corrected chi connectivity index (χ3v) is 4.27. The normalized spacial score (nSPS) is 11.4. The number of nitrogens with one attached hydrogen (secondary N) is 1. The molecular formula is C17H20N6O5. The number of aliphatic hydroxyl groups is 1. The summed E-state index contributed by atoms with van der Waals surface area (Å²) in [7, 11) is 4.38. The second-order valence-electron chi connectivity index (χ2n) is 5.98. The number of nitrogens with zero attached hydrogens (tertiary/aromatic N) is 5. The topological polar surface area (TPSA) is 136 Å². The minimum Gasteiger partial charge on any atom is -0.507 e. The highest BCUT2D eigenvalue weighted by atomic mass is 16.5. The number of aryl methyl sites for hydroxylation is 1. The van der Waals surface area contributed by atoms with E-state index in [1.165, 1.54) is 42.6 Å². The Kier molecular flexibility index (Phi) is 5.18. The molecule has 0 radical (unpaired) electrons. The van der Waals surface area contributed by atoms with Crippen molar-refractivity contribution in [1.29, 1.82) is 0 Å². The molecule has 11 nitrogen and oxygen atoms in total. The Balaban J connectivity index is 2.05. The van der Waals surface area contributed by atoms with Crippen LogP contribution in [0.4, 0.5) is 5.95 Å². The second kappa shape index (κ2) is 7.56. The van der Waals surface area contributed by atoms with Gasteiger partial charge in [0, 0.05) is 26.2 Å². The molecule has 0 atom stereocenters. The molecule has 0 saturated heterocycles. The molecule has 2 heterocycles. The summed E-state index contributed by atoms with van der Waals surface area (Å²) in [4.78, 5) is 28.9. The summed E-state index contributed by atoms with van der Waals surface area (Å²) in [5.41, 5.74) is 2.39. The molecule has 0 aliphatic rings. The van der Waals surface area contributed by atoms with Crippen LogP contribution in [-0.2, 0) is 20.6 Å². The van der Waals surface area contributed by atoms with Crippen LogP contribution in [0.15, 0.2) is 32.9 Å². The molecule has 1 aromatic carbocycles. The molecule has 0 fully saturated rings. The fraction of sp³-hybridized carbons (Fsp3) is 0.294. The predicted octanol–water partition coefficient (Wildman–Crippen LogP) is -0.414. The van der Waals surface area contributed by atoms with Crippen molar-refractivity contribution in [3.8, 4) is 11.5 Å². The average molecular weight is 388 g/mol. The van der Waals surface area contributed by atoms with Gasteiger partial charge in [-0.05, 0) is 18.2 Å². The van der Waals surface area contributed by atoms with E-state index in [0.717, 1.165) is 4.57 Å². The van der Waals surface area contributed by atoms with Crippen LogP contribution in [0.3, 0.4) is 0 Å². The smallest absolute Gasteiger partial charge is 0.332 e. The van der Waals surface area contributed by atoms with Crippen LogP contribution in [0.25, 0.3) is 11.2 Å². The number of hydrazone groups is 1. The lowest BCUT2D eigenvalue weighted by atomic mass is 10.2. The number of rotatable bonds is 6. The molecule has 0 amide bonds. The highest BCUT2D eigenvalue weighted by molar-refractivity contribution is 5.84. The van der Waals surface area contributed by atoms with Crippen molar-refractivity contribution in [3.05, 3.63) is 44.6 Å². The van der Waals surface area contributed by atoms with Gasteiger partial charge in [0.25, 0.3) is 5.56 Å². The van der Waals surface area contributed by atoms with Gasteiger partial charge in [-0.2, -0.15) is 10.1 Å². The van der Waals surface area contributed by atoms with Gasteiger partial charge in [-0.15, -0.1) is 0 Å². The maximum atomic E-state index is 12.5. The van der Waals surface area contributed by atoms with Gasteiger partial charge in [0.05, 0.1) is 19.9 Å². The molecule has 0 aliphatic carbocycles. The summed E-state index contributed by atoms with van der Waals surface area (Å²) in [6.45, 7) is -0.168. The number of imidazole rings is 1. The van der Waals surface area contributed by atoms with Crippen LogP contribution in [0.1, 0.15) is 5.56 Å². The molecular weight excluding hydrogens is 368 g/mol. The predicted molar refractivity (Wildman–Crippen MR) is 103 cm³/mol. The zero-order valence-corrected chi connectivity index (χ0v) is 15.6. The number of hydrogen-bond acceptors (Lipinski definition) is 8. The van der Waals surface area contributed by atoms with Gasteiger partial charge >= 0.3 is 5.69 Å². The van der Waals surface area contributed by atoms with E-state index in [4.69, 9.17) is 4.74 Å². The van der Waals surface area contributed by atoms with E-state index in [0.29, 0.717) is 11.3 Å². The quantitative estimate of drug-likeness (QED) is 0.386. The Morgan fingerprint density at radius 3 is 2.71 bits per heavy atom. The third-order valence-electron chi connectivity index (χ3n) is 4.27. The number of aliphatic hydroxyl groups excluding tert-OH is 1. The van der Waals surface area contributed by atoms with Crippen molar-refractivity contribution >= 4 is 23.3 Å². The average Bonchev–Trinajstić information content (AvgIpc) is 3.05. The molecule has 3 aromatic rings. The summed E-state index contributed by atoms with van der Waals surface area (Å²) in [6.07, 6.45) is 1.36. The Morgan fingerprint density at radius 2 is 2.04 bits per heavy atom. The van der Waals surface area contributed by atoms with Gasteiger partial charge in [0.1, 0.15) is 11.5 Å². The lowest BCUT2D eigenvalue weighted by Gasteiger charge is -2.07. The molecule has 2 aromatic heterocycles. The van der Waals surface area contributed by atoms with Crippen molar-refractivity contribution in [1.82, 2.24) is 18.7 Å².